The van der Waals surface area contributed by atoms with Gasteiger partial charge in [0, 0.05) is 17.4 Å². The monoisotopic (exact) mass is 313 g/mol. The highest BCUT2D eigenvalue weighted by Gasteiger charge is 2.06. The van der Waals surface area contributed by atoms with Crippen LogP contribution >= 0.6 is 0 Å². The van der Waals surface area contributed by atoms with Crippen LogP contribution < -0.4 is 21.1 Å². The average molecular weight is 313 g/mol. The van der Waals surface area contributed by atoms with E-state index in [1.54, 1.807) is 12.1 Å². The van der Waals surface area contributed by atoms with E-state index in [4.69, 9.17) is 10.5 Å². The number of ether oxygens (including phenoxy) is 1. The first-order chi connectivity index (χ1) is 10.8. The molecule has 4 N–H and O–H groups in total. The summed E-state index contributed by atoms with van der Waals surface area (Å²) >= 11 is 0. The highest BCUT2D eigenvalue weighted by atomic mass is 16.5. The zero-order valence-corrected chi connectivity index (χ0v) is 13.9. The fourth-order valence-electron chi connectivity index (χ4n) is 2.17. The number of hydrogen-bond acceptors (Lipinski definition) is 3. The molecule has 0 aliphatic carbocycles. The summed E-state index contributed by atoms with van der Waals surface area (Å²) in [5.41, 5.74) is 9.42. The Morgan fingerprint density at radius 3 is 2.13 bits per heavy atom. The maximum absolute atomic E-state index is 11.6. The Balaban J connectivity index is 2.04. The Hall–Kier alpha value is -2.69. The van der Waals surface area contributed by atoms with Crippen molar-refractivity contribution in [3.05, 3.63) is 47.5 Å². The van der Waals surface area contributed by atoms with Crippen LogP contribution in [0.1, 0.15) is 25.0 Å². The van der Waals surface area contributed by atoms with Crippen LogP contribution in [-0.4, -0.2) is 12.1 Å². The van der Waals surface area contributed by atoms with Crippen molar-refractivity contribution in [2.75, 3.05) is 11.1 Å². The Bertz CT molecular complexity index is 671. The zero-order chi connectivity index (χ0) is 17.0. The molecule has 0 unspecified atom stereocenters. The van der Waals surface area contributed by atoms with Gasteiger partial charge in [-0.25, -0.2) is 4.79 Å². The molecule has 0 aromatic heterocycles. The maximum atomic E-state index is 11.6. The molecule has 0 radical (unpaired) electrons. The Morgan fingerprint density at radius 2 is 1.61 bits per heavy atom. The van der Waals surface area contributed by atoms with Crippen LogP contribution in [0.3, 0.4) is 0 Å². The van der Waals surface area contributed by atoms with E-state index in [0.29, 0.717) is 11.4 Å². The number of benzene rings is 2. The van der Waals surface area contributed by atoms with E-state index in [0.717, 1.165) is 22.6 Å². The fraction of sp³-hybridized carbons (Fsp3) is 0.278. The van der Waals surface area contributed by atoms with Gasteiger partial charge in [-0.05, 0) is 75.2 Å². The summed E-state index contributed by atoms with van der Waals surface area (Å²) in [6.45, 7) is 7.73. The molecule has 2 rings (SSSR count). The predicted molar refractivity (Wildman–Crippen MR) is 94.1 cm³/mol. The standard InChI is InChI=1S/C18H23N3O2/c1-11(2)20-18(22)21-14-5-7-15(8-6-14)23-16-9-12(3)17(19)13(4)10-16/h5-11H,19H2,1-4H3,(H2,20,21,22). The number of nitrogen functional groups attached to an aromatic ring is 1. The van der Waals surface area contributed by atoms with Crippen molar-refractivity contribution >= 4 is 17.4 Å². The Kier molecular flexibility index (Phi) is 5.11. The summed E-state index contributed by atoms with van der Waals surface area (Å²) in [5.74, 6) is 1.44. The molecule has 0 spiro atoms. The first-order valence-electron chi connectivity index (χ1n) is 7.57. The molecule has 0 saturated heterocycles. The lowest BCUT2D eigenvalue weighted by atomic mass is 10.1. The van der Waals surface area contributed by atoms with Crippen LogP contribution in [0.2, 0.25) is 0 Å². The van der Waals surface area contributed by atoms with Crippen LogP contribution in [0.4, 0.5) is 16.2 Å². The number of carbonyl (C=O) groups is 1. The van der Waals surface area contributed by atoms with Crippen molar-refractivity contribution in [1.29, 1.82) is 0 Å². The average Bonchev–Trinajstić information content (AvgIpc) is 2.46. The molecular weight excluding hydrogens is 290 g/mol. The van der Waals surface area contributed by atoms with Gasteiger partial charge in [0.25, 0.3) is 0 Å². The highest BCUT2D eigenvalue weighted by Crippen LogP contribution is 2.28. The van der Waals surface area contributed by atoms with Gasteiger partial charge >= 0.3 is 6.03 Å². The Labute approximate surface area is 136 Å². The van der Waals surface area contributed by atoms with Crippen LogP contribution in [0.5, 0.6) is 11.5 Å². The summed E-state index contributed by atoms with van der Waals surface area (Å²) in [4.78, 5) is 11.6. The van der Waals surface area contributed by atoms with E-state index in [1.807, 2.05) is 52.0 Å². The number of aryl methyl sites for hydroxylation is 2. The van der Waals surface area contributed by atoms with Gasteiger partial charge in [-0.3, -0.25) is 0 Å². The first kappa shape index (κ1) is 16.7. The number of nitrogens with one attached hydrogen (secondary N) is 2. The summed E-state index contributed by atoms with van der Waals surface area (Å²) in [5, 5.41) is 5.54. The number of urea groups is 1. The van der Waals surface area contributed by atoms with E-state index < -0.39 is 0 Å². The van der Waals surface area contributed by atoms with Gasteiger partial charge in [0.15, 0.2) is 0 Å². The number of carbonyl (C=O) groups excluding carboxylic acids is 1. The van der Waals surface area contributed by atoms with Crippen molar-refractivity contribution in [3.63, 3.8) is 0 Å². The fourth-order valence-corrected chi connectivity index (χ4v) is 2.17. The lowest BCUT2D eigenvalue weighted by Crippen LogP contribution is -2.34. The van der Waals surface area contributed by atoms with Crippen molar-refractivity contribution in [1.82, 2.24) is 5.32 Å². The highest BCUT2D eigenvalue weighted by molar-refractivity contribution is 5.89. The van der Waals surface area contributed by atoms with Gasteiger partial charge in [0.1, 0.15) is 11.5 Å². The number of hydrogen-bond donors (Lipinski definition) is 3. The molecule has 0 aliphatic heterocycles. The van der Waals surface area contributed by atoms with Gasteiger partial charge in [-0.15, -0.1) is 0 Å². The molecule has 2 aromatic carbocycles. The summed E-state index contributed by atoms with van der Waals surface area (Å²) in [7, 11) is 0. The number of nitrogens with two attached hydrogens (primary N) is 1. The van der Waals surface area contributed by atoms with E-state index in [1.165, 1.54) is 0 Å². The van der Waals surface area contributed by atoms with E-state index in [9.17, 15) is 4.79 Å². The molecule has 2 amide bonds. The van der Waals surface area contributed by atoms with Crippen molar-refractivity contribution in [2.45, 2.75) is 33.7 Å². The largest absolute Gasteiger partial charge is 0.457 e. The van der Waals surface area contributed by atoms with E-state index >= 15 is 0 Å². The molecule has 5 nitrogen and oxygen atoms in total. The van der Waals surface area contributed by atoms with Gasteiger partial charge in [0.2, 0.25) is 0 Å². The summed E-state index contributed by atoms with van der Waals surface area (Å²) in [6, 6.07) is 10.9. The maximum Gasteiger partial charge on any atom is 0.319 e. The van der Waals surface area contributed by atoms with E-state index in [-0.39, 0.29) is 12.1 Å². The van der Waals surface area contributed by atoms with Crippen molar-refractivity contribution in [2.24, 2.45) is 0 Å². The second kappa shape index (κ2) is 7.05. The molecule has 0 aliphatic rings. The van der Waals surface area contributed by atoms with Gasteiger partial charge < -0.3 is 21.1 Å². The second-order valence-electron chi connectivity index (χ2n) is 5.85. The molecule has 0 atom stereocenters. The topological polar surface area (TPSA) is 76.4 Å². The molecule has 0 heterocycles. The normalized spacial score (nSPS) is 10.5. The zero-order valence-electron chi connectivity index (χ0n) is 13.9. The van der Waals surface area contributed by atoms with E-state index in [2.05, 4.69) is 10.6 Å². The number of amides is 2. The SMILES string of the molecule is Cc1cc(Oc2ccc(NC(=O)NC(C)C)cc2)cc(C)c1N. The third-order valence-corrected chi connectivity index (χ3v) is 3.33. The quantitative estimate of drug-likeness (QED) is 0.740. The molecule has 5 heteroatoms. The minimum Gasteiger partial charge on any atom is -0.457 e. The second-order valence-corrected chi connectivity index (χ2v) is 5.85. The van der Waals surface area contributed by atoms with Crippen molar-refractivity contribution < 1.29 is 9.53 Å². The van der Waals surface area contributed by atoms with Gasteiger partial charge in [-0.1, -0.05) is 0 Å². The molecule has 0 saturated carbocycles. The van der Waals surface area contributed by atoms with Crippen LogP contribution in [-0.2, 0) is 0 Å². The Morgan fingerprint density at radius 1 is 1.04 bits per heavy atom. The third-order valence-electron chi connectivity index (χ3n) is 3.33. The lowest BCUT2D eigenvalue weighted by molar-refractivity contribution is 0.250. The molecule has 2 aromatic rings. The summed E-state index contributed by atoms with van der Waals surface area (Å²) < 4.78 is 5.84. The van der Waals surface area contributed by atoms with Crippen LogP contribution in [0.25, 0.3) is 0 Å². The number of rotatable bonds is 4. The molecular formula is C18H23N3O2. The molecule has 0 fully saturated rings. The molecule has 122 valence electrons. The minimum atomic E-state index is -0.224. The molecule has 0 bridgehead atoms. The van der Waals surface area contributed by atoms with Crippen LogP contribution in [0, 0.1) is 13.8 Å². The predicted octanol–water partition coefficient (Wildman–Crippen LogP) is 4.21. The number of anilines is 2. The molecule has 23 heavy (non-hydrogen) atoms. The summed E-state index contributed by atoms with van der Waals surface area (Å²) in [6.07, 6.45) is 0. The smallest absolute Gasteiger partial charge is 0.319 e. The third kappa shape index (κ3) is 4.64. The van der Waals surface area contributed by atoms with Crippen molar-refractivity contribution in [3.8, 4) is 11.5 Å². The van der Waals surface area contributed by atoms with Gasteiger partial charge in [0.05, 0.1) is 0 Å². The van der Waals surface area contributed by atoms with Crippen LogP contribution in [0.15, 0.2) is 36.4 Å². The first-order valence-corrected chi connectivity index (χ1v) is 7.57. The minimum absolute atomic E-state index is 0.0922. The lowest BCUT2D eigenvalue weighted by Gasteiger charge is -2.12. The van der Waals surface area contributed by atoms with Gasteiger partial charge in [-0.2, -0.15) is 0 Å².